The molecule has 2 N–H and O–H groups in total. The highest BCUT2D eigenvalue weighted by atomic mass is 16.6. The van der Waals surface area contributed by atoms with Gasteiger partial charge in [0.05, 0.1) is 11.5 Å². The lowest BCUT2D eigenvalue weighted by molar-refractivity contribution is -0.384. The number of ether oxygens (including phenoxy) is 1. The van der Waals surface area contributed by atoms with E-state index in [9.17, 15) is 15.2 Å². The molecule has 7 heteroatoms. The van der Waals surface area contributed by atoms with Crippen molar-refractivity contribution < 1.29 is 14.8 Å². The number of aliphatic hydroxyl groups is 1. The van der Waals surface area contributed by atoms with Crippen molar-refractivity contribution >= 4 is 11.4 Å². The molecule has 1 fully saturated rings. The van der Waals surface area contributed by atoms with Crippen LogP contribution in [0.3, 0.4) is 0 Å². The van der Waals surface area contributed by atoms with Crippen LogP contribution in [0.15, 0.2) is 18.2 Å². The zero-order valence-electron chi connectivity index (χ0n) is 13.0. The Bertz CT molecular complexity index is 528. The van der Waals surface area contributed by atoms with Crippen LogP contribution in [0.2, 0.25) is 0 Å². The predicted octanol–water partition coefficient (Wildman–Crippen LogP) is 1.61. The lowest BCUT2D eigenvalue weighted by Crippen LogP contribution is -2.53. The van der Waals surface area contributed by atoms with Crippen LogP contribution in [0.25, 0.3) is 0 Å². The van der Waals surface area contributed by atoms with Gasteiger partial charge in [0, 0.05) is 31.4 Å². The normalized spacial score (nSPS) is 17.5. The maximum Gasteiger partial charge on any atom is 0.292 e. The zero-order valence-corrected chi connectivity index (χ0v) is 13.0. The minimum atomic E-state index is -0.407. The van der Waals surface area contributed by atoms with Crippen LogP contribution < -0.4 is 5.32 Å². The molecule has 1 saturated heterocycles. The number of hydrogen-bond donors (Lipinski definition) is 2. The minimum Gasteiger partial charge on any atom is -0.392 e. The highest BCUT2D eigenvalue weighted by molar-refractivity contribution is 5.63. The highest BCUT2D eigenvalue weighted by Crippen LogP contribution is 2.30. The third-order valence-electron chi connectivity index (χ3n) is 4.42. The third kappa shape index (κ3) is 3.55. The molecule has 1 aromatic carbocycles. The first kappa shape index (κ1) is 16.7. The van der Waals surface area contributed by atoms with Crippen molar-refractivity contribution in [1.29, 1.82) is 0 Å². The number of anilines is 1. The molecule has 22 heavy (non-hydrogen) atoms. The average molecular weight is 309 g/mol. The summed E-state index contributed by atoms with van der Waals surface area (Å²) in [6, 6.07) is 4.64. The van der Waals surface area contributed by atoms with E-state index >= 15 is 0 Å². The van der Waals surface area contributed by atoms with E-state index in [1.54, 1.807) is 12.1 Å². The van der Waals surface area contributed by atoms with Crippen LogP contribution in [-0.4, -0.2) is 54.3 Å². The Hall–Kier alpha value is -1.70. The zero-order chi connectivity index (χ0) is 16.2. The van der Waals surface area contributed by atoms with Gasteiger partial charge in [-0.05, 0) is 44.6 Å². The van der Waals surface area contributed by atoms with Gasteiger partial charge in [0.1, 0.15) is 5.69 Å². The van der Waals surface area contributed by atoms with Gasteiger partial charge in [0.25, 0.3) is 5.69 Å². The first-order chi connectivity index (χ1) is 10.5. The Morgan fingerprint density at radius 3 is 2.64 bits per heavy atom. The molecule has 0 saturated carbocycles. The fourth-order valence-electron chi connectivity index (χ4n) is 2.78. The lowest BCUT2D eigenvalue weighted by atomic mass is 9.88. The summed E-state index contributed by atoms with van der Waals surface area (Å²) < 4.78 is 5.43. The first-order valence-corrected chi connectivity index (χ1v) is 7.36. The Labute approximate surface area is 130 Å². The molecule has 1 aliphatic heterocycles. The largest absolute Gasteiger partial charge is 0.392 e. The van der Waals surface area contributed by atoms with Crippen LogP contribution in [-0.2, 0) is 11.3 Å². The van der Waals surface area contributed by atoms with Crippen molar-refractivity contribution in [2.75, 3.05) is 39.2 Å². The van der Waals surface area contributed by atoms with Gasteiger partial charge in [-0.3, -0.25) is 10.1 Å². The fourth-order valence-corrected chi connectivity index (χ4v) is 2.78. The van der Waals surface area contributed by atoms with Crippen LogP contribution in [0.4, 0.5) is 11.4 Å². The molecular formula is C15H23N3O4. The van der Waals surface area contributed by atoms with Crippen LogP contribution in [0, 0.1) is 10.1 Å². The molecule has 1 heterocycles. The Morgan fingerprint density at radius 1 is 1.41 bits per heavy atom. The topological polar surface area (TPSA) is 87.9 Å². The fraction of sp³-hybridized carbons (Fsp3) is 0.600. The predicted molar refractivity (Wildman–Crippen MR) is 84.0 cm³/mol. The molecule has 1 aliphatic rings. The summed E-state index contributed by atoms with van der Waals surface area (Å²) in [6.07, 6.45) is 1.75. The summed E-state index contributed by atoms with van der Waals surface area (Å²) in [5.74, 6) is 0. The van der Waals surface area contributed by atoms with Crippen molar-refractivity contribution in [3.8, 4) is 0 Å². The molecule has 0 atom stereocenters. The van der Waals surface area contributed by atoms with Crippen LogP contribution >= 0.6 is 0 Å². The van der Waals surface area contributed by atoms with Crippen molar-refractivity contribution in [2.45, 2.75) is 25.0 Å². The van der Waals surface area contributed by atoms with E-state index in [0.29, 0.717) is 31.0 Å². The molecule has 0 aromatic heterocycles. The number of nitro groups is 1. The maximum absolute atomic E-state index is 11.2. The van der Waals surface area contributed by atoms with E-state index in [0.717, 1.165) is 12.8 Å². The second-order valence-electron chi connectivity index (χ2n) is 5.85. The van der Waals surface area contributed by atoms with E-state index in [2.05, 4.69) is 10.2 Å². The molecule has 0 unspecified atom stereocenters. The number of nitrogens with zero attached hydrogens (tertiary/aromatic N) is 2. The molecule has 0 amide bonds. The summed E-state index contributed by atoms with van der Waals surface area (Å²) in [7, 11) is 4.04. The number of benzene rings is 1. The first-order valence-electron chi connectivity index (χ1n) is 7.36. The number of nitro benzene ring substituents is 1. The van der Waals surface area contributed by atoms with E-state index in [4.69, 9.17) is 4.74 Å². The van der Waals surface area contributed by atoms with Crippen molar-refractivity contribution in [3.05, 3.63) is 33.9 Å². The van der Waals surface area contributed by atoms with Gasteiger partial charge in [-0.1, -0.05) is 0 Å². The number of rotatable bonds is 6. The van der Waals surface area contributed by atoms with Gasteiger partial charge >= 0.3 is 0 Å². The maximum atomic E-state index is 11.2. The van der Waals surface area contributed by atoms with Gasteiger partial charge in [-0.15, -0.1) is 0 Å². The van der Waals surface area contributed by atoms with Gasteiger partial charge in [-0.2, -0.15) is 0 Å². The molecule has 7 nitrogen and oxygen atoms in total. The van der Waals surface area contributed by atoms with Gasteiger partial charge < -0.3 is 20.1 Å². The Morgan fingerprint density at radius 2 is 2.09 bits per heavy atom. The summed E-state index contributed by atoms with van der Waals surface area (Å²) in [6.45, 7) is 1.84. The van der Waals surface area contributed by atoms with E-state index in [1.807, 2.05) is 14.1 Å². The second-order valence-corrected chi connectivity index (χ2v) is 5.85. The standard InChI is InChI=1S/C15H23N3O4/c1-17(2)15(5-7-22-8-6-15)11-16-13-9-12(10-19)3-4-14(13)18(20)21/h3-4,9,16,19H,5-8,10-11H2,1-2H3. The highest BCUT2D eigenvalue weighted by Gasteiger charge is 2.35. The molecule has 0 bridgehead atoms. The number of aliphatic hydroxyl groups excluding tert-OH is 1. The van der Waals surface area contributed by atoms with Gasteiger partial charge in [0.15, 0.2) is 0 Å². The summed E-state index contributed by atoms with van der Waals surface area (Å²) >= 11 is 0. The van der Waals surface area contributed by atoms with E-state index in [1.165, 1.54) is 6.07 Å². The van der Waals surface area contributed by atoms with Crippen LogP contribution in [0.5, 0.6) is 0 Å². The minimum absolute atomic E-state index is 0.0261. The van der Waals surface area contributed by atoms with Gasteiger partial charge in [0.2, 0.25) is 0 Å². The Kier molecular flexibility index (Phi) is 5.33. The summed E-state index contributed by atoms with van der Waals surface area (Å²) in [5.41, 5.74) is 1.04. The van der Waals surface area contributed by atoms with E-state index < -0.39 is 4.92 Å². The number of likely N-dealkylation sites (N-methyl/N-ethyl adjacent to an activating group) is 1. The smallest absolute Gasteiger partial charge is 0.292 e. The molecule has 0 spiro atoms. The summed E-state index contributed by atoms with van der Waals surface area (Å²) in [5, 5.41) is 23.6. The quantitative estimate of drug-likeness (QED) is 0.613. The molecule has 2 rings (SSSR count). The van der Waals surface area contributed by atoms with E-state index in [-0.39, 0.29) is 17.8 Å². The lowest BCUT2D eigenvalue weighted by Gasteiger charge is -2.43. The molecule has 0 radical (unpaired) electrons. The molecule has 122 valence electrons. The average Bonchev–Trinajstić information content (AvgIpc) is 2.53. The van der Waals surface area contributed by atoms with Crippen molar-refractivity contribution in [1.82, 2.24) is 4.90 Å². The van der Waals surface area contributed by atoms with Crippen molar-refractivity contribution in [2.24, 2.45) is 0 Å². The number of nitrogens with one attached hydrogen (secondary N) is 1. The molecule has 0 aliphatic carbocycles. The number of hydrogen-bond acceptors (Lipinski definition) is 6. The van der Waals surface area contributed by atoms with Gasteiger partial charge in [-0.25, -0.2) is 0 Å². The SMILES string of the molecule is CN(C)C1(CNc2cc(CO)ccc2[N+](=O)[O-])CCOCC1. The Balaban J connectivity index is 2.20. The molecular weight excluding hydrogens is 286 g/mol. The molecule has 1 aromatic rings. The monoisotopic (exact) mass is 309 g/mol. The van der Waals surface area contributed by atoms with Crippen LogP contribution in [0.1, 0.15) is 18.4 Å². The second kappa shape index (κ2) is 7.04. The summed E-state index contributed by atoms with van der Waals surface area (Å²) in [4.78, 5) is 12.9. The van der Waals surface area contributed by atoms with Crippen molar-refractivity contribution in [3.63, 3.8) is 0 Å². The third-order valence-corrected chi connectivity index (χ3v) is 4.42.